The number of nitrogens with one attached hydrogen (secondary N) is 2. The van der Waals surface area contributed by atoms with E-state index in [-0.39, 0.29) is 16.4 Å². The summed E-state index contributed by atoms with van der Waals surface area (Å²) in [6.45, 7) is 0. The molecule has 0 fully saturated rings. The van der Waals surface area contributed by atoms with Gasteiger partial charge < -0.3 is 10.4 Å². The molecule has 0 heterocycles. The number of nitro groups is 1. The molecule has 2 aromatic carbocycles. The van der Waals surface area contributed by atoms with Gasteiger partial charge in [-0.05, 0) is 42.0 Å². The van der Waals surface area contributed by atoms with E-state index in [1.807, 2.05) is 0 Å². The zero-order valence-corrected chi connectivity index (χ0v) is 14.5. The van der Waals surface area contributed by atoms with Gasteiger partial charge >= 0.3 is 0 Å². The Morgan fingerprint density at radius 2 is 1.96 bits per heavy atom. The summed E-state index contributed by atoms with van der Waals surface area (Å²) < 4.78 is 24.5. The number of hydrazone groups is 1. The van der Waals surface area contributed by atoms with Crippen molar-refractivity contribution >= 4 is 46.7 Å². The Hall–Kier alpha value is -2.79. The molecule has 0 aliphatic heterocycles. The number of thiocarbonyl (C=S) groups is 1. The molecule has 136 valence electrons. The Morgan fingerprint density at radius 3 is 2.58 bits per heavy atom. The van der Waals surface area contributed by atoms with Crippen LogP contribution in [0.3, 0.4) is 0 Å². The van der Waals surface area contributed by atoms with Gasteiger partial charge in [0.15, 0.2) is 5.11 Å². The van der Waals surface area contributed by atoms with Crippen LogP contribution in [0, 0.1) is 10.1 Å². The van der Waals surface area contributed by atoms with Crippen LogP contribution >= 0.6 is 24.0 Å². The summed E-state index contributed by atoms with van der Waals surface area (Å²) in [6.07, 6.45) is 1.12. The number of thioether (sulfide) groups is 1. The monoisotopic (exact) mass is 397 g/mol. The highest BCUT2D eigenvalue weighted by Crippen LogP contribution is 2.26. The van der Waals surface area contributed by atoms with E-state index >= 15 is 0 Å². The van der Waals surface area contributed by atoms with Crippen molar-refractivity contribution in [3.63, 3.8) is 0 Å². The number of hydrogen-bond donors (Lipinski definition) is 2. The van der Waals surface area contributed by atoms with Crippen LogP contribution < -0.4 is 15.8 Å². The number of alkyl halides is 2. The van der Waals surface area contributed by atoms with Gasteiger partial charge in [-0.2, -0.15) is 13.9 Å². The summed E-state index contributed by atoms with van der Waals surface area (Å²) in [4.78, 5) is 10.5. The van der Waals surface area contributed by atoms with Crippen LogP contribution in [-0.4, -0.2) is 22.0 Å². The highest BCUT2D eigenvalue weighted by molar-refractivity contribution is 7.99. The zero-order chi connectivity index (χ0) is 19.1. The van der Waals surface area contributed by atoms with Crippen molar-refractivity contribution in [3.8, 4) is 5.75 Å². The number of anilines is 1. The second-order valence-corrected chi connectivity index (χ2v) is 6.18. The maximum absolute atomic E-state index is 12.2. The first-order valence-electron chi connectivity index (χ1n) is 6.95. The maximum Gasteiger partial charge on any atom is 0.288 e. The molecule has 0 aliphatic carbocycles. The fourth-order valence-corrected chi connectivity index (χ4v) is 2.46. The average molecular weight is 397 g/mol. The molecule has 26 heavy (non-hydrogen) atoms. The fourth-order valence-electron chi connectivity index (χ4n) is 1.79. The molecule has 0 aromatic heterocycles. The van der Waals surface area contributed by atoms with Gasteiger partial charge in [-0.1, -0.05) is 23.6 Å². The van der Waals surface area contributed by atoms with Crippen LogP contribution in [0.2, 0.25) is 0 Å². The summed E-state index contributed by atoms with van der Waals surface area (Å²) in [7, 11) is 0. The summed E-state index contributed by atoms with van der Waals surface area (Å²) >= 11 is 5.44. The number of hydrogen-bond acceptors (Lipinski definition) is 6. The molecule has 0 saturated carbocycles. The van der Waals surface area contributed by atoms with Crippen LogP contribution in [-0.2, 0) is 0 Å². The molecule has 0 aliphatic rings. The maximum atomic E-state index is 12.2. The Labute approximate surface area is 156 Å². The first-order chi connectivity index (χ1) is 12.3. The standard InChI is InChI=1S/C15H12F2N4O3S2/c16-14(17)26-12-4-1-10(2-5-12)19-15(25)20-18-8-9-7-11(21(23)24)3-6-13(9)22/h1-8,14,22H,(H2,19,20,25)/p-1/b18-8-. The Kier molecular flexibility index (Phi) is 6.81. The lowest BCUT2D eigenvalue weighted by molar-refractivity contribution is -0.385. The van der Waals surface area contributed by atoms with Gasteiger partial charge in [-0.3, -0.25) is 15.5 Å². The lowest BCUT2D eigenvalue weighted by Gasteiger charge is -2.10. The smallest absolute Gasteiger partial charge is 0.288 e. The number of halogens is 2. The third-order valence-corrected chi connectivity index (χ3v) is 3.83. The topological polar surface area (TPSA) is 103 Å². The van der Waals surface area contributed by atoms with Gasteiger partial charge in [0.2, 0.25) is 0 Å². The minimum atomic E-state index is -2.49. The Balaban J connectivity index is 1.93. The molecular formula is C15H11F2N4O3S2-. The van der Waals surface area contributed by atoms with Crippen LogP contribution in [0.4, 0.5) is 20.2 Å². The molecule has 2 aromatic rings. The molecule has 0 bridgehead atoms. The molecule has 2 N–H and O–H groups in total. The van der Waals surface area contributed by atoms with Gasteiger partial charge in [-0.15, -0.1) is 0 Å². The van der Waals surface area contributed by atoms with Crippen LogP contribution in [0.25, 0.3) is 0 Å². The Morgan fingerprint density at radius 1 is 1.27 bits per heavy atom. The van der Waals surface area contributed by atoms with E-state index in [2.05, 4.69) is 15.8 Å². The first kappa shape index (κ1) is 19.5. The summed E-state index contributed by atoms with van der Waals surface area (Å²) in [5, 5.41) is 28.9. The van der Waals surface area contributed by atoms with Crippen LogP contribution in [0.15, 0.2) is 52.5 Å². The Bertz CT molecular complexity index is 832. The molecule has 11 heteroatoms. The van der Waals surface area contributed by atoms with Crippen molar-refractivity contribution in [2.45, 2.75) is 10.7 Å². The van der Waals surface area contributed by atoms with Gasteiger partial charge in [-0.25, -0.2) is 0 Å². The normalized spacial score (nSPS) is 10.9. The molecule has 0 atom stereocenters. The minimum absolute atomic E-state index is 0.0304. The second-order valence-electron chi connectivity index (χ2n) is 4.71. The van der Waals surface area contributed by atoms with Crippen LogP contribution in [0.1, 0.15) is 5.56 Å². The first-order valence-corrected chi connectivity index (χ1v) is 8.24. The highest BCUT2D eigenvalue weighted by Gasteiger charge is 2.06. The van der Waals surface area contributed by atoms with Crippen molar-refractivity contribution in [3.05, 3.63) is 58.1 Å². The average Bonchev–Trinajstić information content (AvgIpc) is 2.57. The van der Waals surface area contributed by atoms with Crippen LogP contribution in [0.5, 0.6) is 5.75 Å². The zero-order valence-electron chi connectivity index (χ0n) is 12.9. The summed E-state index contributed by atoms with van der Waals surface area (Å²) in [5.74, 6) is -2.92. The largest absolute Gasteiger partial charge is 0.872 e. The predicted octanol–water partition coefficient (Wildman–Crippen LogP) is 3.30. The van der Waals surface area contributed by atoms with E-state index in [1.54, 1.807) is 12.1 Å². The lowest BCUT2D eigenvalue weighted by Crippen LogP contribution is -2.23. The van der Waals surface area contributed by atoms with Gasteiger partial charge in [0.25, 0.3) is 11.4 Å². The number of nitrogens with zero attached hydrogens (tertiary/aromatic N) is 2. The van der Waals surface area contributed by atoms with Gasteiger partial charge in [0.05, 0.1) is 11.1 Å². The highest BCUT2D eigenvalue weighted by atomic mass is 32.2. The third-order valence-electron chi connectivity index (χ3n) is 2.91. The predicted molar refractivity (Wildman–Crippen MR) is 97.8 cm³/mol. The van der Waals surface area contributed by atoms with E-state index in [9.17, 15) is 24.0 Å². The fraction of sp³-hybridized carbons (Fsp3) is 0.0667. The molecule has 0 amide bonds. The molecule has 0 spiro atoms. The minimum Gasteiger partial charge on any atom is -0.872 e. The number of benzene rings is 2. The van der Waals surface area contributed by atoms with Crippen molar-refractivity contribution in [2.75, 3.05) is 5.32 Å². The molecule has 0 saturated heterocycles. The molecule has 2 rings (SSSR count). The third kappa shape index (κ3) is 5.93. The van der Waals surface area contributed by atoms with E-state index in [1.165, 1.54) is 12.1 Å². The van der Waals surface area contributed by atoms with E-state index in [4.69, 9.17) is 12.2 Å². The number of nitro benzene ring substituents is 1. The summed E-state index contributed by atoms with van der Waals surface area (Å²) in [6, 6.07) is 9.45. The lowest BCUT2D eigenvalue weighted by atomic mass is 10.2. The number of non-ortho nitro benzene ring substituents is 1. The van der Waals surface area contributed by atoms with Crippen molar-refractivity contribution in [2.24, 2.45) is 5.10 Å². The molecule has 0 unspecified atom stereocenters. The molecular weight excluding hydrogens is 386 g/mol. The van der Waals surface area contributed by atoms with Crippen molar-refractivity contribution in [1.29, 1.82) is 0 Å². The number of rotatable bonds is 6. The SMILES string of the molecule is O=[N+]([O-])c1ccc([O-])c(/C=N\NC(=S)Nc2ccc(SC(F)F)cc2)c1. The molecule has 0 radical (unpaired) electrons. The quantitative estimate of drug-likeness (QED) is 0.253. The van der Waals surface area contributed by atoms with Crippen molar-refractivity contribution < 1.29 is 18.8 Å². The van der Waals surface area contributed by atoms with E-state index < -0.39 is 16.4 Å². The summed E-state index contributed by atoms with van der Waals surface area (Å²) in [5.41, 5.74) is 2.81. The van der Waals surface area contributed by atoms with Gasteiger partial charge in [0.1, 0.15) is 0 Å². The van der Waals surface area contributed by atoms with Crippen molar-refractivity contribution in [1.82, 2.24) is 5.43 Å². The second kappa shape index (κ2) is 9.06. The van der Waals surface area contributed by atoms with E-state index in [0.717, 1.165) is 24.4 Å². The van der Waals surface area contributed by atoms with E-state index in [0.29, 0.717) is 22.3 Å². The van der Waals surface area contributed by atoms with Gasteiger partial charge in [0, 0.05) is 22.7 Å². The molecule has 7 nitrogen and oxygen atoms in total.